The molecular weight excluding hydrogens is 544 g/mol. The molecule has 5 rings (SSSR count). The van der Waals surface area contributed by atoms with Crippen molar-refractivity contribution < 1.29 is 28.5 Å². The van der Waals surface area contributed by atoms with E-state index in [0.29, 0.717) is 22.8 Å². The number of nitrogens with two attached hydrogens (primary N) is 2. The molecule has 2 atom stereocenters. The second-order valence-electron chi connectivity index (χ2n) is 10.5. The van der Waals surface area contributed by atoms with Crippen molar-refractivity contribution in [1.29, 1.82) is 0 Å². The van der Waals surface area contributed by atoms with Gasteiger partial charge in [0.2, 0.25) is 0 Å². The van der Waals surface area contributed by atoms with E-state index in [4.69, 9.17) is 30.4 Å². The zero-order chi connectivity index (χ0) is 30.6. The molecule has 0 fully saturated rings. The maximum absolute atomic E-state index is 14.0. The van der Waals surface area contributed by atoms with Crippen LogP contribution in [0.1, 0.15) is 34.2 Å². The first-order valence-corrected chi connectivity index (χ1v) is 14.0. The predicted molar refractivity (Wildman–Crippen MR) is 164 cm³/mol. The summed E-state index contributed by atoms with van der Waals surface area (Å²) in [5.41, 5.74) is 17.6. The Labute approximate surface area is 251 Å². The van der Waals surface area contributed by atoms with Crippen molar-refractivity contribution in [3.63, 3.8) is 0 Å². The van der Waals surface area contributed by atoms with Crippen molar-refractivity contribution in [2.45, 2.75) is 37.5 Å². The second kappa shape index (κ2) is 12.6. The summed E-state index contributed by atoms with van der Waals surface area (Å²) in [6, 6.07) is 26.4. The normalized spacial score (nSPS) is 13.7. The van der Waals surface area contributed by atoms with Gasteiger partial charge in [-0.3, -0.25) is 4.79 Å². The lowest BCUT2D eigenvalue weighted by Crippen LogP contribution is -2.48. The Morgan fingerprint density at radius 3 is 2.33 bits per heavy atom. The van der Waals surface area contributed by atoms with Crippen LogP contribution in [0, 0.1) is 6.92 Å². The average molecular weight is 580 g/mol. The van der Waals surface area contributed by atoms with Crippen LogP contribution in [0.4, 0.5) is 0 Å². The highest BCUT2D eigenvalue weighted by molar-refractivity contribution is 5.84. The summed E-state index contributed by atoms with van der Waals surface area (Å²) in [7, 11) is 3.06. The van der Waals surface area contributed by atoms with E-state index in [-0.39, 0.29) is 19.4 Å². The lowest BCUT2D eigenvalue weighted by Gasteiger charge is -2.30. The Morgan fingerprint density at radius 2 is 1.63 bits per heavy atom. The fraction of sp³-hybridized carbons (Fsp3) is 0.229. The van der Waals surface area contributed by atoms with Crippen molar-refractivity contribution in [3.8, 4) is 28.4 Å². The van der Waals surface area contributed by atoms with Gasteiger partial charge in [0.1, 0.15) is 29.4 Å². The Morgan fingerprint density at radius 1 is 0.907 bits per heavy atom. The average Bonchev–Trinajstić information content (AvgIpc) is 3.42. The summed E-state index contributed by atoms with van der Waals surface area (Å²) in [5, 5.41) is 0. The van der Waals surface area contributed by atoms with Gasteiger partial charge in [-0.05, 0) is 77.4 Å². The molecule has 1 radical (unpaired) electrons. The van der Waals surface area contributed by atoms with Gasteiger partial charge in [0.05, 0.1) is 14.2 Å². The highest BCUT2D eigenvalue weighted by Gasteiger charge is 2.41. The molecule has 1 aliphatic rings. The zero-order valence-electron chi connectivity index (χ0n) is 24.3. The molecular formula is C35H35N2O6. The summed E-state index contributed by atoms with van der Waals surface area (Å²) in [6.45, 7) is 3.77. The van der Waals surface area contributed by atoms with Crippen LogP contribution in [-0.4, -0.2) is 32.2 Å². The number of rotatable bonds is 12. The Balaban J connectivity index is 1.43. The molecule has 0 spiro atoms. The van der Waals surface area contributed by atoms with Crippen LogP contribution >= 0.6 is 0 Å². The Kier molecular flexibility index (Phi) is 8.68. The van der Waals surface area contributed by atoms with E-state index in [1.165, 1.54) is 18.2 Å². The monoisotopic (exact) mass is 579 g/mol. The number of primary amides is 1. The molecule has 1 amide bonds. The lowest BCUT2D eigenvalue weighted by atomic mass is 9.84. The van der Waals surface area contributed by atoms with Gasteiger partial charge in [0.25, 0.3) is 5.91 Å². The Hall–Kier alpha value is -4.82. The molecule has 4 aromatic carbocycles. The van der Waals surface area contributed by atoms with Crippen LogP contribution in [0.2, 0.25) is 0 Å². The fourth-order valence-corrected chi connectivity index (χ4v) is 5.51. The molecule has 0 bridgehead atoms. The fourth-order valence-electron chi connectivity index (χ4n) is 5.51. The van der Waals surface area contributed by atoms with E-state index in [9.17, 15) is 9.59 Å². The largest absolute Gasteiger partial charge is 0.497 e. The molecule has 0 aromatic heterocycles. The van der Waals surface area contributed by atoms with Gasteiger partial charge in [0.15, 0.2) is 6.10 Å². The minimum absolute atomic E-state index is 0.0692. The highest BCUT2D eigenvalue weighted by Crippen LogP contribution is 2.39. The summed E-state index contributed by atoms with van der Waals surface area (Å²) in [5.74, 6) is 0.209. The third kappa shape index (κ3) is 6.05. The van der Waals surface area contributed by atoms with E-state index >= 15 is 0 Å². The molecule has 0 saturated carbocycles. The van der Waals surface area contributed by atoms with E-state index in [1.807, 2.05) is 24.3 Å². The standard InChI is InChI=1S/C35H35N2O6/c1-4-31(33(36)38)43-25-14-12-22(13-15-25)20-35(37,30-17-16-26(40-2)19-32(30)41-3)34(39)42-21-24-9-7-11-28-27-10-6-5-8-23(27)18-29(24)28/h5-17,19,31H,1,4,18,20-21,37H2,2-3H3,(H2,36,38). The first-order chi connectivity index (χ1) is 20.8. The van der Waals surface area contributed by atoms with Crippen LogP contribution in [-0.2, 0) is 39.3 Å². The van der Waals surface area contributed by atoms with Crippen LogP contribution < -0.4 is 25.7 Å². The first kappa shape index (κ1) is 29.7. The second-order valence-corrected chi connectivity index (χ2v) is 10.5. The van der Waals surface area contributed by atoms with Crippen molar-refractivity contribution in [1.82, 2.24) is 0 Å². The summed E-state index contributed by atoms with van der Waals surface area (Å²) in [4.78, 5) is 25.6. The van der Waals surface area contributed by atoms with Gasteiger partial charge >= 0.3 is 5.97 Å². The smallest absolute Gasteiger partial charge is 0.331 e. The number of hydrogen-bond acceptors (Lipinski definition) is 7. The van der Waals surface area contributed by atoms with Crippen molar-refractivity contribution in [3.05, 3.63) is 120 Å². The molecule has 4 aromatic rings. The third-order valence-corrected chi connectivity index (χ3v) is 7.82. The maximum Gasteiger partial charge on any atom is 0.331 e. The van der Waals surface area contributed by atoms with Gasteiger partial charge in [-0.25, -0.2) is 4.79 Å². The van der Waals surface area contributed by atoms with E-state index in [2.05, 4.69) is 25.1 Å². The molecule has 43 heavy (non-hydrogen) atoms. The van der Waals surface area contributed by atoms with E-state index in [1.54, 1.807) is 49.6 Å². The molecule has 8 heteroatoms. The SMILES string of the molecule is [CH2]CC(Oc1ccc(CC(N)(C(=O)OCc2cccc3c2Cc2ccccc2-3)c2ccc(OC)cc2OC)cc1)C(N)=O. The van der Waals surface area contributed by atoms with E-state index < -0.39 is 23.5 Å². The molecule has 221 valence electrons. The van der Waals surface area contributed by atoms with Crippen LogP contribution in [0.25, 0.3) is 11.1 Å². The molecule has 0 saturated heterocycles. The molecule has 1 aliphatic carbocycles. The predicted octanol–water partition coefficient (Wildman–Crippen LogP) is 4.87. The quantitative estimate of drug-likeness (QED) is 0.202. The number of ether oxygens (including phenoxy) is 4. The minimum Gasteiger partial charge on any atom is -0.497 e. The maximum atomic E-state index is 14.0. The number of hydrogen-bond donors (Lipinski definition) is 2. The van der Waals surface area contributed by atoms with Crippen LogP contribution in [0.15, 0.2) is 84.9 Å². The minimum atomic E-state index is -1.61. The first-order valence-electron chi connectivity index (χ1n) is 14.0. The van der Waals surface area contributed by atoms with Gasteiger partial charge in [-0.2, -0.15) is 0 Å². The molecule has 0 heterocycles. The third-order valence-electron chi connectivity index (χ3n) is 7.82. The van der Waals surface area contributed by atoms with Gasteiger partial charge in [0, 0.05) is 18.1 Å². The summed E-state index contributed by atoms with van der Waals surface area (Å²) in [6.07, 6.45) is 0.230. The molecule has 0 aliphatic heterocycles. The number of amides is 1. The lowest BCUT2D eigenvalue weighted by molar-refractivity contribution is -0.152. The highest BCUT2D eigenvalue weighted by atomic mass is 16.5. The summed E-state index contributed by atoms with van der Waals surface area (Å²) >= 11 is 0. The van der Waals surface area contributed by atoms with Crippen molar-refractivity contribution >= 4 is 11.9 Å². The molecule has 2 unspecified atom stereocenters. The number of fused-ring (bicyclic) bond motifs is 3. The van der Waals surface area contributed by atoms with Gasteiger partial charge in [-0.15, -0.1) is 0 Å². The number of methoxy groups -OCH3 is 2. The zero-order valence-corrected chi connectivity index (χ0v) is 24.3. The molecule has 4 N–H and O–H groups in total. The number of esters is 1. The molecule has 8 nitrogen and oxygen atoms in total. The Bertz CT molecular complexity index is 1630. The van der Waals surface area contributed by atoms with Crippen molar-refractivity contribution in [2.75, 3.05) is 14.2 Å². The summed E-state index contributed by atoms with van der Waals surface area (Å²) < 4.78 is 22.6. The number of carbonyl (C=O) groups is 2. The van der Waals surface area contributed by atoms with Gasteiger partial charge in [-0.1, -0.05) is 54.6 Å². The van der Waals surface area contributed by atoms with Crippen LogP contribution in [0.5, 0.6) is 17.2 Å². The van der Waals surface area contributed by atoms with Gasteiger partial charge < -0.3 is 30.4 Å². The van der Waals surface area contributed by atoms with E-state index in [0.717, 1.165) is 28.7 Å². The van der Waals surface area contributed by atoms with Crippen LogP contribution in [0.3, 0.4) is 0 Å². The van der Waals surface area contributed by atoms with Crippen molar-refractivity contribution in [2.24, 2.45) is 11.5 Å². The topological polar surface area (TPSA) is 123 Å². The number of benzene rings is 4. The number of carbonyl (C=O) groups excluding carboxylic acids is 2.